The van der Waals surface area contributed by atoms with Gasteiger partial charge in [0.1, 0.15) is 0 Å². The Labute approximate surface area is 116 Å². The molecule has 1 aromatic rings. The van der Waals surface area contributed by atoms with E-state index in [0.29, 0.717) is 0 Å². The number of halogens is 2. The van der Waals surface area contributed by atoms with Crippen LogP contribution in [0.15, 0.2) is 35.3 Å². The summed E-state index contributed by atoms with van der Waals surface area (Å²) in [5, 5.41) is 4.13. The van der Waals surface area contributed by atoms with Gasteiger partial charge in [-0.25, -0.2) is 0 Å². The van der Waals surface area contributed by atoms with Crippen molar-refractivity contribution in [3.05, 3.63) is 45.9 Å². The Bertz CT molecular complexity index is 402. The number of nitrogens with zero attached hydrogens (tertiary/aromatic N) is 1. The number of hydrogen-bond donors (Lipinski definition) is 1. The van der Waals surface area contributed by atoms with E-state index < -0.39 is 0 Å². The lowest BCUT2D eigenvalue weighted by atomic mass is 10.0. The molecule has 0 unspecified atom stereocenters. The average Bonchev–Trinajstić information content (AvgIpc) is 2.36. The monoisotopic (exact) mass is 314 g/mol. The zero-order chi connectivity index (χ0) is 12.3. The molecule has 1 atom stereocenters. The van der Waals surface area contributed by atoms with Crippen molar-refractivity contribution in [2.75, 3.05) is 26.2 Å². The average molecular weight is 316 g/mol. The quantitative estimate of drug-likeness (QED) is 0.862. The van der Waals surface area contributed by atoms with Gasteiger partial charge in [0, 0.05) is 35.7 Å². The fourth-order valence-corrected chi connectivity index (χ4v) is 2.84. The molecule has 0 bridgehead atoms. The molecule has 1 aliphatic heterocycles. The molecule has 2 nitrogen and oxygen atoms in total. The van der Waals surface area contributed by atoms with E-state index in [-0.39, 0.29) is 6.04 Å². The van der Waals surface area contributed by atoms with E-state index in [0.717, 1.165) is 35.7 Å². The first-order chi connectivity index (χ1) is 8.22. The second-order valence-electron chi connectivity index (χ2n) is 4.13. The summed E-state index contributed by atoms with van der Waals surface area (Å²) >= 11 is 9.66. The van der Waals surface area contributed by atoms with Crippen molar-refractivity contribution >= 4 is 27.5 Å². The molecule has 92 valence electrons. The van der Waals surface area contributed by atoms with E-state index in [4.69, 9.17) is 11.6 Å². The first-order valence-electron chi connectivity index (χ1n) is 5.74. The molecule has 1 N–H and O–H groups in total. The van der Waals surface area contributed by atoms with Crippen LogP contribution in [0.2, 0.25) is 5.02 Å². The van der Waals surface area contributed by atoms with Gasteiger partial charge in [0.15, 0.2) is 0 Å². The van der Waals surface area contributed by atoms with Gasteiger partial charge in [0.05, 0.1) is 6.04 Å². The molecule has 1 aromatic carbocycles. The van der Waals surface area contributed by atoms with Gasteiger partial charge in [0.25, 0.3) is 0 Å². The summed E-state index contributed by atoms with van der Waals surface area (Å²) < 4.78 is 1.09. The SMILES string of the molecule is C=C[C@@H](c1cc(Cl)ccc1Br)N1CCNCC1. The number of piperazine rings is 1. The second kappa shape index (κ2) is 6.01. The van der Waals surface area contributed by atoms with Crippen molar-refractivity contribution in [3.63, 3.8) is 0 Å². The molecule has 1 heterocycles. The van der Waals surface area contributed by atoms with Gasteiger partial charge >= 0.3 is 0 Å². The normalized spacial score (nSPS) is 18.9. The third-order valence-corrected chi connectivity index (χ3v) is 4.00. The molecule has 1 aliphatic rings. The molecule has 4 heteroatoms. The van der Waals surface area contributed by atoms with E-state index in [9.17, 15) is 0 Å². The molecule has 0 amide bonds. The maximum absolute atomic E-state index is 6.07. The Kier molecular flexibility index (Phi) is 4.62. The van der Waals surface area contributed by atoms with Crippen molar-refractivity contribution < 1.29 is 0 Å². The smallest absolute Gasteiger partial charge is 0.0541 e. The minimum Gasteiger partial charge on any atom is -0.314 e. The zero-order valence-electron chi connectivity index (χ0n) is 9.63. The third-order valence-electron chi connectivity index (χ3n) is 3.04. The largest absolute Gasteiger partial charge is 0.314 e. The predicted octanol–water partition coefficient (Wildman–Crippen LogP) is 3.23. The van der Waals surface area contributed by atoms with Crippen LogP contribution in [0.5, 0.6) is 0 Å². The highest BCUT2D eigenvalue weighted by Gasteiger charge is 2.21. The lowest BCUT2D eigenvalue weighted by molar-refractivity contribution is 0.203. The Hall–Kier alpha value is -0.350. The molecule has 0 radical (unpaired) electrons. The lowest BCUT2D eigenvalue weighted by Gasteiger charge is -2.34. The fourth-order valence-electron chi connectivity index (χ4n) is 2.17. The van der Waals surface area contributed by atoms with E-state index in [1.54, 1.807) is 0 Å². The highest BCUT2D eigenvalue weighted by atomic mass is 79.9. The van der Waals surface area contributed by atoms with Crippen LogP contribution in [0.3, 0.4) is 0 Å². The van der Waals surface area contributed by atoms with Crippen LogP contribution in [0.1, 0.15) is 11.6 Å². The summed E-state index contributed by atoms with van der Waals surface area (Å²) in [4.78, 5) is 2.42. The minimum atomic E-state index is 0.227. The van der Waals surface area contributed by atoms with Gasteiger partial charge in [0.2, 0.25) is 0 Å². The summed E-state index contributed by atoms with van der Waals surface area (Å²) in [5.41, 5.74) is 1.19. The van der Waals surface area contributed by atoms with Gasteiger partial charge in [-0.3, -0.25) is 4.90 Å². The first-order valence-corrected chi connectivity index (χ1v) is 6.91. The number of benzene rings is 1. The van der Waals surface area contributed by atoms with E-state index in [2.05, 4.69) is 32.7 Å². The highest BCUT2D eigenvalue weighted by molar-refractivity contribution is 9.10. The minimum absolute atomic E-state index is 0.227. The van der Waals surface area contributed by atoms with Crippen LogP contribution < -0.4 is 5.32 Å². The van der Waals surface area contributed by atoms with Crippen molar-refractivity contribution in [2.24, 2.45) is 0 Å². The molecule has 0 aliphatic carbocycles. The van der Waals surface area contributed by atoms with Crippen LogP contribution >= 0.6 is 27.5 Å². The Balaban J connectivity index is 2.27. The van der Waals surface area contributed by atoms with Gasteiger partial charge in [-0.15, -0.1) is 6.58 Å². The summed E-state index contributed by atoms with van der Waals surface area (Å²) in [6.07, 6.45) is 1.99. The van der Waals surface area contributed by atoms with Crippen LogP contribution in [-0.2, 0) is 0 Å². The molecule has 17 heavy (non-hydrogen) atoms. The van der Waals surface area contributed by atoms with Crippen LogP contribution in [0.4, 0.5) is 0 Å². The summed E-state index contributed by atoms with van der Waals surface area (Å²) in [5.74, 6) is 0. The second-order valence-corrected chi connectivity index (χ2v) is 5.42. The van der Waals surface area contributed by atoms with Gasteiger partial charge in [-0.2, -0.15) is 0 Å². The van der Waals surface area contributed by atoms with Crippen molar-refractivity contribution in [1.82, 2.24) is 10.2 Å². The van der Waals surface area contributed by atoms with Gasteiger partial charge < -0.3 is 5.32 Å². The third kappa shape index (κ3) is 3.10. The number of hydrogen-bond acceptors (Lipinski definition) is 2. The first kappa shape index (κ1) is 13.1. The van der Waals surface area contributed by atoms with E-state index in [1.165, 1.54) is 5.56 Å². The van der Waals surface area contributed by atoms with Gasteiger partial charge in [-0.1, -0.05) is 33.6 Å². The maximum Gasteiger partial charge on any atom is 0.0541 e. The van der Waals surface area contributed by atoms with Crippen LogP contribution in [0.25, 0.3) is 0 Å². The highest BCUT2D eigenvalue weighted by Crippen LogP contribution is 2.31. The molecular weight excluding hydrogens is 300 g/mol. The zero-order valence-corrected chi connectivity index (χ0v) is 12.0. The molecule has 2 rings (SSSR count). The molecule has 0 saturated carbocycles. The lowest BCUT2D eigenvalue weighted by Crippen LogP contribution is -2.44. The molecule has 1 fully saturated rings. The van der Waals surface area contributed by atoms with Gasteiger partial charge in [-0.05, 0) is 23.8 Å². The number of nitrogens with one attached hydrogen (secondary N) is 1. The topological polar surface area (TPSA) is 15.3 Å². The Morgan fingerprint density at radius 3 is 2.76 bits per heavy atom. The summed E-state index contributed by atoms with van der Waals surface area (Å²) in [6.45, 7) is 8.09. The van der Waals surface area contributed by atoms with E-state index in [1.807, 2.05) is 24.3 Å². The standard InChI is InChI=1S/C13H16BrClN2/c1-2-13(17-7-5-16-6-8-17)11-9-10(15)3-4-12(11)14/h2-4,9,13,16H,1,5-8H2/t13-/m0/s1. The maximum atomic E-state index is 6.07. The number of rotatable bonds is 3. The fraction of sp³-hybridized carbons (Fsp3) is 0.385. The van der Waals surface area contributed by atoms with Crippen molar-refractivity contribution in [2.45, 2.75) is 6.04 Å². The molecule has 0 spiro atoms. The Morgan fingerprint density at radius 1 is 1.41 bits per heavy atom. The van der Waals surface area contributed by atoms with Crippen molar-refractivity contribution in [1.29, 1.82) is 0 Å². The van der Waals surface area contributed by atoms with E-state index >= 15 is 0 Å². The summed E-state index contributed by atoms with van der Waals surface area (Å²) in [6, 6.07) is 6.13. The molecule has 0 aromatic heterocycles. The summed E-state index contributed by atoms with van der Waals surface area (Å²) in [7, 11) is 0. The molecule has 1 saturated heterocycles. The Morgan fingerprint density at radius 2 is 2.12 bits per heavy atom. The van der Waals surface area contributed by atoms with Crippen LogP contribution in [-0.4, -0.2) is 31.1 Å². The predicted molar refractivity (Wildman–Crippen MR) is 76.5 cm³/mol. The molecular formula is C13H16BrClN2. The van der Waals surface area contributed by atoms with Crippen molar-refractivity contribution in [3.8, 4) is 0 Å². The van der Waals surface area contributed by atoms with Crippen LogP contribution in [0, 0.1) is 0 Å².